The van der Waals surface area contributed by atoms with E-state index >= 15 is 0 Å². The average molecular weight is 354 g/mol. The molecule has 134 valence electrons. The molecule has 1 unspecified atom stereocenters. The second-order valence-electron chi connectivity index (χ2n) is 6.26. The summed E-state index contributed by atoms with van der Waals surface area (Å²) in [5, 5.41) is 3.33. The standard InChI is InChI=1S/C17H26N2O4S/c1-19(17(20)12-14-6-4-9-18-14)10-5-11-23-15-7-3-8-16(13-15)24(2,21)22/h3,7-8,13-14,18H,4-6,9-12H2,1-2H3. The second-order valence-corrected chi connectivity index (χ2v) is 8.28. The Bertz CT molecular complexity index is 654. The van der Waals surface area contributed by atoms with Gasteiger partial charge in [-0.05, 0) is 44.0 Å². The summed E-state index contributed by atoms with van der Waals surface area (Å²) in [4.78, 5) is 14.1. The molecule has 1 aromatic rings. The van der Waals surface area contributed by atoms with Crippen molar-refractivity contribution in [2.75, 3.05) is 33.0 Å². The number of sulfone groups is 1. The molecule has 0 radical (unpaired) electrons. The third-order valence-electron chi connectivity index (χ3n) is 4.15. The Morgan fingerprint density at radius 2 is 2.21 bits per heavy atom. The number of nitrogens with zero attached hydrogens (tertiary/aromatic N) is 1. The van der Waals surface area contributed by atoms with Crippen LogP contribution in [0.25, 0.3) is 0 Å². The Hall–Kier alpha value is -1.60. The lowest BCUT2D eigenvalue weighted by Gasteiger charge is -2.19. The number of carbonyl (C=O) groups excluding carboxylic acids is 1. The summed E-state index contributed by atoms with van der Waals surface area (Å²) in [6, 6.07) is 6.78. The van der Waals surface area contributed by atoms with E-state index in [1.807, 2.05) is 7.05 Å². The fourth-order valence-electron chi connectivity index (χ4n) is 2.71. The quantitative estimate of drug-likeness (QED) is 0.715. The van der Waals surface area contributed by atoms with Gasteiger partial charge in [0.25, 0.3) is 0 Å². The second kappa shape index (κ2) is 8.48. The first-order chi connectivity index (χ1) is 11.4. The topological polar surface area (TPSA) is 75.7 Å². The molecule has 1 atom stereocenters. The van der Waals surface area contributed by atoms with Gasteiger partial charge in [0.2, 0.25) is 5.91 Å². The summed E-state index contributed by atoms with van der Waals surface area (Å²) >= 11 is 0. The summed E-state index contributed by atoms with van der Waals surface area (Å²) < 4.78 is 28.6. The fraction of sp³-hybridized carbons (Fsp3) is 0.588. The van der Waals surface area contributed by atoms with Crippen LogP contribution in [-0.4, -0.2) is 58.3 Å². The Balaban J connectivity index is 1.71. The molecule has 6 nitrogen and oxygen atoms in total. The lowest BCUT2D eigenvalue weighted by Crippen LogP contribution is -2.34. The largest absolute Gasteiger partial charge is 0.493 e. The van der Waals surface area contributed by atoms with Gasteiger partial charge in [-0.15, -0.1) is 0 Å². The van der Waals surface area contributed by atoms with Crippen molar-refractivity contribution in [2.45, 2.75) is 36.6 Å². The molecule has 0 aliphatic carbocycles. The average Bonchev–Trinajstić information content (AvgIpc) is 3.03. The number of amides is 1. The maximum atomic E-state index is 12.1. The zero-order valence-corrected chi connectivity index (χ0v) is 15.1. The van der Waals surface area contributed by atoms with E-state index in [1.165, 1.54) is 12.3 Å². The maximum Gasteiger partial charge on any atom is 0.223 e. The predicted molar refractivity (Wildman–Crippen MR) is 92.9 cm³/mol. The van der Waals surface area contributed by atoms with Crippen LogP contribution in [0.5, 0.6) is 5.75 Å². The number of hydrogen-bond donors (Lipinski definition) is 1. The third kappa shape index (κ3) is 5.79. The molecule has 0 spiro atoms. The van der Waals surface area contributed by atoms with Gasteiger partial charge in [0.05, 0.1) is 11.5 Å². The molecule has 24 heavy (non-hydrogen) atoms. The minimum absolute atomic E-state index is 0.147. The molecule has 1 amide bonds. The van der Waals surface area contributed by atoms with E-state index in [4.69, 9.17) is 4.74 Å². The van der Waals surface area contributed by atoms with Crippen LogP contribution in [0.3, 0.4) is 0 Å². The number of benzene rings is 1. The number of hydrogen-bond acceptors (Lipinski definition) is 5. The van der Waals surface area contributed by atoms with Gasteiger partial charge < -0.3 is 15.0 Å². The highest BCUT2D eigenvalue weighted by Gasteiger charge is 2.19. The predicted octanol–water partition coefficient (Wildman–Crippen LogP) is 1.46. The van der Waals surface area contributed by atoms with Crippen LogP contribution in [0.15, 0.2) is 29.2 Å². The normalized spacial score (nSPS) is 17.7. The van der Waals surface area contributed by atoms with Gasteiger partial charge >= 0.3 is 0 Å². The SMILES string of the molecule is CN(CCCOc1cccc(S(C)(=O)=O)c1)C(=O)CC1CCCN1. The van der Waals surface area contributed by atoms with Gasteiger partial charge in [0.15, 0.2) is 9.84 Å². The van der Waals surface area contributed by atoms with Crippen LogP contribution in [0.1, 0.15) is 25.7 Å². The summed E-state index contributed by atoms with van der Waals surface area (Å²) in [6.45, 7) is 2.06. The molecule has 1 aliphatic rings. The van der Waals surface area contributed by atoms with Gasteiger partial charge in [0.1, 0.15) is 5.75 Å². The van der Waals surface area contributed by atoms with Crippen molar-refractivity contribution in [1.82, 2.24) is 10.2 Å². The van der Waals surface area contributed by atoms with Crippen molar-refractivity contribution in [3.63, 3.8) is 0 Å². The lowest BCUT2D eigenvalue weighted by atomic mass is 10.1. The van der Waals surface area contributed by atoms with E-state index in [0.29, 0.717) is 37.8 Å². The Morgan fingerprint density at radius 3 is 2.88 bits per heavy atom. The first-order valence-corrected chi connectivity index (χ1v) is 10.2. The van der Waals surface area contributed by atoms with Crippen molar-refractivity contribution in [3.05, 3.63) is 24.3 Å². The number of rotatable bonds is 8. The van der Waals surface area contributed by atoms with Crippen LogP contribution >= 0.6 is 0 Å². The van der Waals surface area contributed by atoms with Crippen LogP contribution in [0, 0.1) is 0 Å². The van der Waals surface area contributed by atoms with Gasteiger partial charge in [-0.2, -0.15) is 0 Å². The van der Waals surface area contributed by atoms with E-state index in [0.717, 1.165) is 19.4 Å². The van der Waals surface area contributed by atoms with Crippen LogP contribution in [0.2, 0.25) is 0 Å². The van der Waals surface area contributed by atoms with E-state index in [9.17, 15) is 13.2 Å². The highest BCUT2D eigenvalue weighted by atomic mass is 32.2. The maximum absolute atomic E-state index is 12.1. The van der Waals surface area contributed by atoms with Gasteiger partial charge in [-0.3, -0.25) is 4.79 Å². The van der Waals surface area contributed by atoms with Gasteiger partial charge in [-0.25, -0.2) is 8.42 Å². The molecule has 1 heterocycles. The third-order valence-corrected chi connectivity index (χ3v) is 5.26. The van der Waals surface area contributed by atoms with Crippen molar-refractivity contribution in [2.24, 2.45) is 0 Å². The molecule has 2 rings (SSSR count). The summed E-state index contributed by atoms with van der Waals surface area (Å²) in [7, 11) is -1.42. The van der Waals surface area contributed by atoms with Crippen LogP contribution in [0.4, 0.5) is 0 Å². The Kier molecular flexibility index (Phi) is 6.62. The van der Waals surface area contributed by atoms with Crippen molar-refractivity contribution < 1.29 is 17.9 Å². The molecule has 1 aliphatic heterocycles. The van der Waals surface area contributed by atoms with Crippen LogP contribution < -0.4 is 10.1 Å². The highest BCUT2D eigenvalue weighted by Crippen LogP contribution is 2.17. The molecular formula is C17H26N2O4S. The molecule has 1 saturated heterocycles. The van der Waals surface area contributed by atoms with Crippen molar-refractivity contribution in [3.8, 4) is 5.75 Å². The molecule has 0 aromatic heterocycles. The minimum Gasteiger partial charge on any atom is -0.493 e. The molecule has 1 fully saturated rings. The summed E-state index contributed by atoms with van der Waals surface area (Å²) in [6.07, 6.45) is 4.63. The van der Waals surface area contributed by atoms with E-state index in [1.54, 1.807) is 23.1 Å². The van der Waals surface area contributed by atoms with Crippen LogP contribution in [-0.2, 0) is 14.6 Å². The molecule has 1 N–H and O–H groups in total. The molecule has 0 saturated carbocycles. The fourth-order valence-corrected chi connectivity index (χ4v) is 3.36. The Morgan fingerprint density at radius 1 is 1.42 bits per heavy atom. The number of ether oxygens (including phenoxy) is 1. The first-order valence-electron chi connectivity index (χ1n) is 8.26. The van der Waals surface area contributed by atoms with Gasteiger partial charge in [0, 0.05) is 32.3 Å². The zero-order valence-electron chi connectivity index (χ0n) is 14.3. The smallest absolute Gasteiger partial charge is 0.223 e. The van der Waals surface area contributed by atoms with Crippen molar-refractivity contribution in [1.29, 1.82) is 0 Å². The molecular weight excluding hydrogens is 328 g/mol. The van der Waals surface area contributed by atoms with Crippen molar-refractivity contribution >= 4 is 15.7 Å². The van der Waals surface area contributed by atoms with E-state index in [-0.39, 0.29) is 10.8 Å². The summed E-state index contributed by atoms with van der Waals surface area (Å²) in [5.74, 6) is 0.676. The number of carbonyl (C=O) groups is 1. The molecule has 1 aromatic carbocycles. The summed E-state index contributed by atoms with van der Waals surface area (Å²) in [5.41, 5.74) is 0. The zero-order chi connectivity index (χ0) is 17.6. The van der Waals surface area contributed by atoms with E-state index < -0.39 is 9.84 Å². The number of nitrogens with one attached hydrogen (secondary N) is 1. The lowest BCUT2D eigenvalue weighted by molar-refractivity contribution is -0.130. The molecule has 7 heteroatoms. The monoisotopic (exact) mass is 354 g/mol. The first kappa shape index (κ1) is 18.7. The molecule has 0 bridgehead atoms. The highest BCUT2D eigenvalue weighted by molar-refractivity contribution is 7.90. The minimum atomic E-state index is -3.23. The van der Waals surface area contributed by atoms with Gasteiger partial charge in [-0.1, -0.05) is 6.07 Å². The Labute approximate surface area is 144 Å². The van der Waals surface area contributed by atoms with E-state index in [2.05, 4.69) is 5.32 Å².